The van der Waals surface area contributed by atoms with Gasteiger partial charge in [-0.05, 0) is 17.2 Å². The van der Waals surface area contributed by atoms with E-state index in [-0.39, 0.29) is 42.2 Å². The minimum absolute atomic E-state index is 0.0968. The van der Waals surface area contributed by atoms with Gasteiger partial charge in [-0.25, -0.2) is 4.39 Å². The second-order valence-corrected chi connectivity index (χ2v) is 6.81. The molecule has 2 aromatic carbocycles. The topological polar surface area (TPSA) is 69.6 Å². The van der Waals surface area contributed by atoms with E-state index in [0.717, 1.165) is 11.1 Å². The van der Waals surface area contributed by atoms with Gasteiger partial charge in [0.25, 0.3) is 0 Å². The van der Waals surface area contributed by atoms with E-state index in [4.69, 9.17) is 0 Å². The van der Waals surface area contributed by atoms with Crippen LogP contribution in [-0.2, 0) is 9.59 Å². The van der Waals surface area contributed by atoms with Crippen LogP contribution >= 0.6 is 0 Å². The molecule has 3 rings (SSSR count). The number of hydrogen-bond acceptors (Lipinski definition) is 3. The highest BCUT2D eigenvalue weighted by Gasteiger charge is 2.49. The van der Waals surface area contributed by atoms with Gasteiger partial charge in [-0.2, -0.15) is 0 Å². The van der Waals surface area contributed by atoms with Crippen molar-refractivity contribution in [3.05, 3.63) is 59.9 Å². The van der Waals surface area contributed by atoms with Crippen molar-refractivity contribution in [3.8, 4) is 11.1 Å². The van der Waals surface area contributed by atoms with Crippen LogP contribution in [0.25, 0.3) is 11.1 Å². The lowest BCUT2D eigenvalue weighted by atomic mass is 9.74. The fourth-order valence-electron chi connectivity index (χ4n) is 3.91. The Kier molecular flexibility index (Phi) is 5.56. The fraction of sp³-hybridized carbons (Fsp3) is 0.333. The first-order chi connectivity index (χ1) is 12.9. The van der Waals surface area contributed by atoms with Gasteiger partial charge in [-0.15, -0.1) is 0 Å². The number of carbonyl (C=O) groups is 2. The number of nitrogens with one attached hydrogen (secondary N) is 1. The van der Waals surface area contributed by atoms with Crippen LogP contribution in [0.5, 0.6) is 0 Å². The molecule has 142 valence electrons. The molecule has 6 heteroatoms. The highest BCUT2D eigenvalue weighted by Crippen LogP contribution is 2.41. The van der Waals surface area contributed by atoms with E-state index in [0.29, 0.717) is 12.1 Å². The quantitative estimate of drug-likeness (QED) is 0.849. The minimum atomic E-state index is -0.333. The SMILES string of the molecule is CC(=O)NC[C@@H]1[C@H](c2ccc(-c3ccccc3F)cc2)[C@H](CO)N1C(C)=O. The number of halogens is 1. The van der Waals surface area contributed by atoms with E-state index in [1.807, 2.05) is 24.3 Å². The van der Waals surface area contributed by atoms with Crippen molar-refractivity contribution in [2.45, 2.75) is 31.8 Å². The largest absolute Gasteiger partial charge is 0.394 e. The number of aliphatic hydroxyl groups is 1. The lowest BCUT2D eigenvalue weighted by molar-refractivity contribution is -0.148. The summed E-state index contributed by atoms with van der Waals surface area (Å²) in [6.45, 7) is 3.06. The van der Waals surface area contributed by atoms with Crippen LogP contribution < -0.4 is 5.32 Å². The fourth-order valence-corrected chi connectivity index (χ4v) is 3.91. The van der Waals surface area contributed by atoms with Crippen LogP contribution in [0.3, 0.4) is 0 Å². The molecule has 1 aliphatic rings. The summed E-state index contributed by atoms with van der Waals surface area (Å²) in [5.74, 6) is -0.683. The van der Waals surface area contributed by atoms with Crippen molar-refractivity contribution in [3.63, 3.8) is 0 Å². The Labute approximate surface area is 157 Å². The summed E-state index contributed by atoms with van der Waals surface area (Å²) >= 11 is 0. The normalized spacial score (nSPS) is 21.5. The monoisotopic (exact) mass is 370 g/mol. The molecular weight excluding hydrogens is 347 g/mol. The van der Waals surface area contributed by atoms with Crippen molar-refractivity contribution >= 4 is 11.8 Å². The molecule has 0 spiro atoms. The molecule has 2 N–H and O–H groups in total. The van der Waals surface area contributed by atoms with Crippen molar-refractivity contribution in [1.29, 1.82) is 0 Å². The molecule has 5 nitrogen and oxygen atoms in total. The first kappa shape index (κ1) is 19.0. The maximum absolute atomic E-state index is 14.0. The van der Waals surface area contributed by atoms with Crippen LogP contribution in [0.2, 0.25) is 0 Å². The number of aliphatic hydroxyl groups excluding tert-OH is 1. The zero-order valence-corrected chi connectivity index (χ0v) is 15.4. The second kappa shape index (κ2) is 7.88. The molecule has 2 amide bonds. The Morgan fingerprint density at radius 3 is 2.30 bits per heavy atom. The van der Waals surface area contributed by atoms with Crippen LogP contribution in [0.1, 0.15) is 25.3 Å². The first-order valence-electron chi connectivity index (χ1n) is 8.93. The van der Waals surface area contributed by atoms with Gasteiger partial charge in [0.2, 0.25) is 11.8 Å². The molecule has 0 unspecified atom stereocenters. The maximum Gasteiger partial charge on any atom is 0.220 e. The van der Waals surface area contributed by atoms with E-state index < -0.39 is 0 Å². The van der Waals surface area contributed by atoms with E-state index in [1.165, 1.54) is 19.9 Å². The Balaban J connectivity index is 1.87. The highest BCUT2D eigenvalue weighted by atomic mass is 19.1. The van der Waals surface area contributed by atoms with Crippen molar-refractivity contribution in [2.75, 3.05) is 13.2 Å². The average Bonchev–Trinajstić information content (AvgIpc) is 2.61. The third kappa shape index (κ3) is 3.71. The molecule has 1 heterocycles. The predicted octanol–water partition coefficient (Wildman–Crippen LogP) is 2.30. The number of amides is 2. The van der Waals surface area contributed by atoms with E-state index in [2.05, 4.69) is 5.32 Å². The average molecular weight is 370 g/mol. The summed E-state index contributed by atoms with van der Waals surface area (Å²) in [5.41, 5.74) is 2.23. The number of carbonyl (C=O) groups excluding carboxylic acids is 2. The Morgan fingerprint density at radius 1 is 1.07 bits per heavy atom. The van der Waals surface area contributed by atoms with Gasteiger partial charge >= 0.3 is 0 Å². The van der Waals surface area contributed by atoms with E-state index in [1.54, 1.807) is 23.1 Å². The molecule has 2 aromatic rings. The molecule has 0 bridgehead atoms. The Hall–Kier alpha value is -2.73. The lowest BCUT2D eigenvalue weighted by Crippen LogP contribution is -2.68. The zero-order valence-electron chi connectivity index (χ0n) is 15.4. The van der Waals surface area contributed by atoms with Gasteiger partial charge in [-0.3, -0.25) is 9.59 Å². The molecule has 0 saturated carbocycles. The van der Waals surface area contributed by atoms with Gasteiger partial charge in [0.15, 0.2) is 0 Å². The van der Waals surface area contributed by atoms with E-state index in [9.17, 15) is 19.1 Å². The molecule has 0 aromatic heterocycles. The van der Waals surface area contributed by atoms with Crippen LogP contribution in [-0.4, -0.2) is 47.1 Å². The predicted molar refractivity (Wildman–Crippen MR) is 100 cm³/mol. The highest BCUT2D eigenvalue weighted by molar-refractivity contribution is 5.77. The van der Waals surface area contributed by atoms with Gasteiger partial charge < -0.3 is 15.3 Å². The first-order valence-corrected chi connectivity index (χ1v) is 8.93. The van der Waals surface area contributed by atoms with Gasteiger partial charge in [0.1, 0.15) is 5.82 Å². The third-order valence-electron chi connectivity index (χ3n) is 5.13. The summed E-state index contributed by atoms with van der Waals surface area (Å²) in [5, 5.41) is 12.5. The maximum atomic E-state index is 14.0. The zero-order chi connectivity index (χ0) is 19.6. The molecule has 1 aliphatic heterocycles. The summed E-state index contributed by atoms with van der Waals surface area (Å²) in [7, 11) is 0. The number of rotatable bonds is 5. The van der Waals surface area contributed by atoms with Crippen molar-refractivity contribution < 1.29 is 19.1 Å². The lowest BCUT2D eigenvalue weighted by Gasteiger charge is -2.54. The van der Waals surface area contributed by atoms with Gasteiger partial charge in [-0.1, -0.05) is 42.5 Å². The van der Waals surface area contributed by atoms with Crippen LogP contribution in [0.4, 0.5) is 4.39 Å². The summed E-state index contributed by atoms with van der Waals surface area (Å²) in [6.07, 6.45) is 0. The number of nitrogens with zero attached hydrogens (tertiary/aromatic N) is 1. The number of benzene rings is 2. The second-order valence-electron chi connectivity index (χ2n) is 6.81. The van der Waals surface area contributed by atoms with Crippen LogP contribution in [0, 0.1) is 5.82 Å². The Bertz CT molecular complexity index is 838. The summed E-state index contributed by atoms with van der Waals surface area (Å²) < 4.78 is 14.0. The molecule has 1 fully saturated rings. The molecule has 0 aliphatic carbocycles. The molecular formula is C21H23FN2O3. The van der Waals surface area contributed by atoms with Crippen molar-refractivity contribution in [1.82, 2.24) is 10.2 Å². The number of likely N-dealkylation sites (tertiary alicyclic amines) is 1. The molecule has 0 radical (unpaired) electrons. The molecule has 1 saturated heterocycles. The van der Waals surface area contributed by atoms with Crippen molar-refractivity contribution in [2.24, 2.45) is 0 Å². The molecule has 27 heavy (non-hydrogen) atoms. The smallest absolute Gasteiger partial charge is 0.220 e. The van der Waals surface area contributed by atoms with Gasteiger partial charge in [0.05, 0.1) is 18.7 Å². The summed E-state index contributed by atoms with van der Waals surface area (Å²) in [6, 6.07) is 13.5. The minimum Gasteiger partial charge on any atom is -0.394 e. The summed E-state index contributed by atoms with van der Waals surface area (Å²) in [4.78, 5) is 24.9. The van der Waals surface area contributed by atoms with Gasteiger partial charge in [0, 0.05) is 31.9 Å². The Morgan fingerprint density at radius 2 is 1.74 bits per heavy atom. The standard InChI is InChI=1S/C21H23FN2O3/c1-13(26)23-11-19-21(20(12-25)24(19)14(2)27)16-9-7-15(8-10-16)17-5-3-4-6-18(17)22/h3-10,19-21,25H,11-12H2,1-2H3,(H,23,26)/t19-,20+,21+/m1/s1. The number of hydrogen-bond donors (Lipinski definition) is 2. The molecule has 3 atom stereocenters. The van der Waals surface area contributed by atoms with Crippen LogP contribution in [0.15, 0.2) is 48.5 Å². The van der Waals surface area contributed by atoms with E-state index >= 15 is 0 Å². The third-order valence-corrected chi connectivity index (χ3v) is 5.13.